The van der Waals surface area contributed by atoms with Crippen LogP contribution >= 0.6 is 23.2 Å². The average molecular weight is 650 g/mol. The van der Waals surface area contributed by atoms with Crippen molar-refractivity contribution in [3.8, 4) is 0 Å². The van der Waals surface area contributed by atoms with Crippen LogP contribution in [0.3, 0.4) is 0 Å². The zero-order chi connectivity index (χ0) is 31.8. The molecule has 234 valence electrons. The number of fused-ring (bicyclic) bond motifs is 5. The molecule has 2 aliphatic heterocycles. The Labute approximate surface area is 271 Å². The number of halogens is 3. The van der Waals surface area contributed by atoms with Crippen LogP contribution in [0.15, 0.2) is 54.6 Å². The molecular formula is C35H35Cl2FN4O3. The number of carbonyl (C=O) groups is 2. The molecular weight excluding hydrogens is 614 g/mol. The van der Waals surface area contributed by atoms with Crippen molar-refractivity contribution < 1.29 is 19.1 Å². The summed E-state index contributed by atoms with van der Waals surface area (Å²) in [6.45, 7) is 7.23. The minimum Gasteiger partial charge on any atom is -0.478 e. The first-order valence-corrected chi connectivity index (χ1v) is 16.3. The minimum atomic E-state index is -1.17. The SMILES string of the molecule is CC(C)c1cc2c(cc1C(=O)O)nc1n2CC[C@H]2[C@@H]1[C@H](c1cccc(Cl)c1F)[C@](C)(C(=O)Nc1cccc(Cl)c1)N2CC1CC1. The summed E-state index contributed by atoms with van der Waals surface area (Å²) in [4.78, 5) is 34.3. The summed E-state index contributed by atoms with van der Waals surface area (Å²) < 4.78 is 18.3. The van der Waals surface area contributed by atoms with Gasteiger partial charge in [0.05, 0.1) is 21.6 Å². The maximum Gasteiger partial charge on any atom is 0.336 e. The number of carboxylic acids is 1. The van der Waals surface area contributed by atoms with E-state index >= 15 is 4.39 Å². The third kappa shape index (κ3) is 4.93. The number of rotatable bonds is 7. The number of hydrogen-bond acceptors (Lipinski definition) is 4. The summed E-state index contributed by atoms with van der Waals surface area (Å²) in [7, 11) is 0. The molecule has 0 bridgehead atoms. The van der Waals surface area contributed by atoms with Gasteiger partial charge in [-0.25, -0.2) is 14.2 Å². The highest BCUT2D eigenvalue weighted by Crippen LogP contribution is 2.58. The molecule has 4 atom stereocenters. The second-order valence-electron chi connectivity index (χ2n) is 13.2. The number of aromatic carboxylic acids is 1. The zero-order valence-corrected chi connectivity index (χ0v) is 26.9. The highest BCUT2D eigenvalue weighted by Gasteiger charge is 2.63. The van der Waals surface area contributed by atoms with E-state index in [0.29, 0.717) is 40.8 Å². The molecule has 1 saturated heterocycles. The van der Waals surface area contributed by atoms with E-state index in [4.69, 9.17) is 28.2 Å². The standard InChI is InChI=1S/C35H35Cl2FN4O3/c1-18(2)23-16-28-26(15-24(23)33(43)44)40-32-29-27(12-13-41(28)32)42(17-19-10-11-19)35(3,30(29)22-8-5-9-25(37)31(22)38)34(45)39-21-7-4-6-20(36)14-21/h4-9,14-16,18-19,27,29-30H,10-13,17H2,1-3H3,(H,39,45)(H,43,44)/t27-,29+,30-,35+/m0/s1. The van der Waals surface area contributed by atoms with Crippen LogP contribution in [-0.2, 0) is 11.3 Å². The molecule has 3 heterocycles. The molecule has 4 aromatic rings. The average Bonchev–Trinajstić information content (AvgIpc) is 3.69. The van der Waals surface area contributed by atoms with E-state index < -0.39 is 23.2 Å². The van der Waals surface area contributed by atoms with Gasteiger partial charge < -0.3 is 15.0 Å². The number of hydrogen-bond donors (Lipinski definition) is 2. The smallest absolute Gasteiger partial charge is 0.336 e. The van der Waals surface area contributed by atoms with Gasteiger partial charge >= 0.3 is 5.97 Å². The zero-order valence-electron chi connectivity index (χ0n) is 25.4. The molecule has 2 fully saturated rings. The van der Waals surface area contributed by atoms with E-state index in [1.54, 1.807) is 42.5 Å². The van der Waals surface area contributed by atoms with Gasteiger partial charge in [-0.1, -0.05) is 55.2 Å². The topological polar surface area (TPSA) is 87.5 Å². The van der Waals surface area contributed by atoms with Gasteiger partial charge in [-0.3, -0.25) is 9.69 Å². The fraction of sp³-hybridized carbons (Fsp3) is 0.400. The van der Waals surface area contributed by atoms with Gasteiger partial charge in [0.2, 0.25) is 5.91 Å². The first-order valence-electron chi connectivity index (χ1n) is 15.5. The fourth-order valence-electron chi connectivity index (χ4n) is 7.82. The van der Waals surface area contributed by atoms with Crippen molar-refractivity contribution in [2.75, 3.05) is 11.9 Å². The number of aryl methyl sites for hydroxylation is 1. The predicted molar refractivity (Wildman–Crippen MR) is 174 cm³/mol. The normalized spacial score (nSPS) is 24.6. The van der Waals surface area contributed by atoms with E-state index in [2.05, 4.69) is 14.8 Å². The van der Waals surface area contributed by atoms with Gasteiger partial charge in [0.25, 0.3) is 0 Å². The van der Waals surface area contributed by atoms with Crippen LogP contribution in [0.2, 0.25) is 10.0 Å². The Hall–Kier alpha value is -3.46. The summed E-state index contributed by atoms with van der Waals surface area (Å²) >= 11 is 12.7. The predicted octanol–water partition coefficient (Wildman–Crippen LogP) is 8.07. The highest BCUT2D eigenvalue weighted by molar-refractivity contribution is 6.31. The highest BCUT2D eigenvalue weighted by atomic mass is 35.5. The van der Waals surface area contributed by atoms with E-state index in [0.717, 1.165) is 36.2 Å². The Morgan fingerprint density at radius 1 is 1.11 bits per heavy atom. The number of nitrogens with zero attached hydrogens (tertiary/aromatic N) is 3. The number of carboxylic acid groups (broad SMARTS) is 1. The maximum absolute atomic E-state index is 16.2. The summed E-state index contributed by atoms with van der Waals surface area (Å²) in [6.07, 6.45) is 2.90. The van der Waals surface area contributed by atoms with Crippen LogP contribution in [0.4, 0.5) is 10.1 Å². The first kappa shape index (κ1) is 30.2. The second-order valence-corrected chi connectivity index (χ2v) is 14.1. The Bertz CT molecular complexity index is 1850. The van der Waals surface area contributed by atoms with Gasteiger partial charge in [0, 0.05) is 41.7 Å². The van der Waals surface area contributed by atoms with Crippen LogP contribution < -0.4 is 5.32 Å². The lowest BCUT2D eigenvalue weighted by molar-refractivity contribution is -0.127. The number of imidazole rings is 1. The largest absolute Gasteiger partial charge is 0.478 e. The summed E-state index contributed by atoms with van der Waals surface area (Å²) in [5.41, 5.74) is 2.17. The fourth-order valence-corrected chi connectivity index (χ4v) is 8.19. The van der Waals surface area contributed by atoms with Crippen LogP contribution in [0.1, 0.15) is 85.1 Å². The van der Waals surface area contributed by atoms with Crippen molar-refractivity contribution in [2.24, 2.45) is 5.92 Å². The van der Waals surface area contributed by atoms with Crippen molar-refractivity contribution in [2.45, 2.75) is 75.9 Å². The first-order chi connectivity index (χ1) is 21.5. The number of nitrogens with one attached hydrogen (secondary N) is 1. The lowest BCUT2D eigenvalue weighted by Gasteiger charge is -2.40. The van der Waals surface area contributed by atoms with Gasteiger partial charge in [0.15, 0.2) is 0 Å². The number of likely N-dealkylation sites (tertiary alicyclic amines) is 1. The molecule has 1 amide bonds. The minimum absolute atomic E-state index is 0.000667. The molecule has 45 heavy (non-hydrogen) atoms. The van der Waals surface area contributed by atoms with Gasteiger partial charge in [-0.05, 0) is 85.5 Å². The Morgan fingerprint density at radius 2 is 1.87 bits per heavy atom. The number of benzene rings is 3. The third-order valence-corrected chi connectivity index (χ3v) is 10.7. The van der Waals surface area contributed by atoms with Gasteiger partial charge in [-0.2, -0.15) is 0 Å². The Balaban J connectivity index is 1.45. The number of carbonyl (C=O) groups excluding carboxylic acids is 1. The van der Waals surface area contributed by atoms with Gasteiger partial charge in [-0.15, -0.1) is 0 Å². The van der Waals surface area contributed by atoms with Crippen molar-refractivity contribution in [3.63, 3.8) is 0 Å². The summed E-state index contributed by atoms with van der Waals surface area (Å²) in [6, 6.07) is 15.5. The number of aromatic nitrogens is 2. The third-order valence-electron chi connectivity index (χ3n) is 10.1. The lowest BCUT2D eigenvalue weighted by atomic mass is 9.73. The molecule has 1 saturated carbocycles. The van der Waals surface area contributed by atoms with Crippen LogP contribution in [0.5, 0.6) is 0 Å². The molecule has 0 spiro atoms. The molecule has 7 nitrogen and oxygen atoms in total. The monoisotopic (exact) mass is 648 g/mol. The van der Waals surface area contributed by atoms with E-state index in [1.807, 2.05) is 26.8 Å². The molecule has 0 unspecified atom stereocenters. The number of anilines is 1. The van der Waals surface area contributed by atoms with E-state index in [9.17, 15) is 14.7 Å². The molecule has 2 N–H and O–H groups in total. The molecule has 0 radical (unpaired) electrons. The van der Waals surface area contributed by atoms with Crippen molar-refractivity contribution in [1.29, 1.82) is 0 Å². The Kier molecular flexibility index (Phi) is 7.46. The van der Waals surface area contributed by atoms with Crippen molar-refractivity contribution in [1.82, 2.24) is 14.5 Å². The maximum atomic E-state index is 16.2. The van der Waals surface area contributed by atoms with E-state index in [1.165, 1.54) is 6.07 Å². The molecule has 1 aliphatic carbocycles. The van der Waals surface area contributed by atoms with Crippen molar-refractivity contribution >= 4 is 51.8 Å². The molecule has 3 aliphatic rings. The lowest BCUT2D eigenvalue weighted by Crippen LogP contribution is -2.56. The number of amides is 1. The summed E-state index contributed by atoms with van der Waals surface area (Å²) in [5.74, 6) is -1.59. The molecule has 1 aromatic heterocycles. The van der Waals surface area contributed by atoms with Gasteiger partial charge in [0.1, 0.15) is 17.2 Å². The second kappa shape index (κ2) is 11.1. The van der Waals surface area contributed by atoms with E-state index in [-0.39, 0.29) is 34.4 Å². The van der Waals surface area contributed by atoms with Crippen LogP contribution in [-0.4, -0.2) is 49.6 Å². The van der Waals surface area contributed by atoms with Crippen LogP contribution in [0, 0.1) is 11.7 Å². The molecule has 7 rings (SSSR count). The Morgan fingerprint density at radius 3 is 2.56 bits per heavy atom. The molecule has 10 heteroatoms. The molecule has 3 aromatic carbocycles. The van der Waals surface area contributed by atoms with Crippen molar-refractivity contribution in [3.05, 3.63) is 93.0 Å². The quantitative estimate of drug-likeness (QED) is 0.212. The summed E-state index contributed by atoms with van der Waals surface area (Å²) in [5, 5.41) is 13.6. The van der Waals surface area contributed by atoms with Crippen LogP contribution in [0.25, 0.3) is 11.0 Å².